The van der Waals surface area contributed by atoms with Gasteiger partial charge in [-0.05, 0) is 36.4 Å². The summed E-state index contributed by atoms with van der Waals surface area (Å²) in [6.45, 7) is -2.93. The van der Waals surface area contributed by atoms with Crippen molar-refractivity contribution in [2.24, 2.45) is 14.1 Å². The largest absolute Gasteiger partial charge is 0.435 e. The van der Waals surface area contributed by atoms with Crippen molar-refractivity contribution in [3.05, 3.63) is 80.0 Å². The van der Waals surface area contributed by atoms with Gasteiger partial charge in [-0.15, -0.1) is 0 Å². The number of hydrogen-bond acceptors (Lipinski definition) is 4. The Morgan fingerprint density at radius 1 is 0.970 bits per heavy atom. The quantitative estimate of drug-likeness (QED) is 0.365. The standard InChI is InChI=1S/C22H16BrF2N5O3/c1-27-18-17(19(31)28(2)22(27)32)29-11-16(12-3-5-13(23)6-4-12)30(21(29)26-18)14-7-9-15(10-8-14)33-20(24)25/h3-11,20H,1-2H3. The lowest BCUT2D eigenvalue weighted by molar-refractivity contribution is -0.0498. The number of aryl methyl sites for hydroxylation is 1. The lowest BCUT2D eigenvalue weighted by Gasteiger charge is -2.11. The van der Waals surface area contributed by atoms with Gasteiger partial charge in [-0.25, -0.2) is 4.79 Å². The van der Waals surface area contributed by atoms with Crippen molar-refractivity contribution in [2.75, 3.05) is 0 Å². The lowest BCUT2D eigenvalue weighted by atomic mass is 10.1. The number of rotatable bonds is 4. The molecule has 5 aromatic rings. The van der Waals surface area contributed by atoms with Crippen molar-refractivity contribution < 1.29 is 13.5 Å². The van der Waals surface area contributed by atoms with Gasteiger partial charge in [0.05, 0.1) is 5.69 Å². The summed E-state index contributed by atoms with van der Waals surface area (Å²) in [5, 5.41) is 0. The van der Waals surface area contributed by atoms with Gasteiger partial charge in [0.15, 0.2) is 11.2 Å². The molecule has 0 saturated heterocycles. The third-order valence-electron chi connectivity index (χ3n) is 5.43. The van der Waals surface area contributed by atoms with E-state index in [1.807, 2.05) is 24.3 Å². The highest BCUT2D eigenvalue weighted by Crippen LogP contribution is 2.30. The second kappa shape index (κ2) is 7.69. The van der Waals surface area contributed by atoms with Crippen LogP contribution in [-0.2, 0) is 14.1 Å². The molecule has 3 aromatic heterocycles. The molecule has 0 radical (unpaired) electrons. The predicted octanol–water partition coefficient (Wildman–Crippen LogP) is 3.71. The number of fused-ring (bicyclic) bond motifs is 3. The van der Waals surface area contributed by atoms with Crippen molar-refractivity contribution in [1.82, 2.24) is 23.1 Å². The van der Waals surface area contributed by atoms with Crippen molar-refractivity contribution in [2.45, 2.75) is 6.61 Å². The molecule has 0 spiro atoms. The van der Waals surface area contributed by atoms with Gasteiger partial charge in [0, 0.05) is 36.0 Å². The molecular weight excluding hydrogens is 500 g/mol. The number of nitrogens with zero attached hydrogens (tertiary/aromatic N) is 5. The van der Waals surface area contributed by atoms with E-state index in [1.54, 1.807) is 34.3 Å². The van der Waals surface area contributed by atoms with Gasteiger partial charge in [0.25, 0.3) is 5.56 Å². The second-order valence-electron chi connectivity index (χ2n) is 7.39. The lowest BCUT2D eigenvalue weighted by Crippen LogP contribution is -2.37. The van der Waals surface area contributed by atoms with Gasteiger partial charge < -0.3 is 4.74 Å². The molecule has 11 heteroatoms. The first-order chi connectivity index (χ1) is 15.8. The van der Waals surface area contributed by atoms with Gasteiger partial charge >= 0.3 is 12.3 Å². The number of imidazole rings is 2. The minimum absolute atomic E-state index is 0.0203. The molecule has 0 atom stereocenters. The highest BCUT2D eigenvalue weighted by atomic mass is 79.9. The maximum Gasteiger partial charge on any atom is 0.387 e. The Hall–Kier alpha value is -3.73. The molecule has 0 N–H and O–H groups in total. The number of hydrogen-bond donors (Lipinski definition) is 0. The van der Waals surface area contributed by atoms with Gasteiger partial charge in [0.2, 0.25) is 5.78 Å². The molecule has 0 amide bonds. The zero-order valence-corrected chi connectivity index (χ0v) is 19.0. The SMILES string of the molecule is Cn1c(=O)c2c(nc3n(-c4ccc(OC(F)F)cc4)c(-c4ccc(Br)cc4)cn23)n(C)c1=O. The van der Waals surface area contributed by atoms with E-state index in [0.717, 1.165) is 14.6 Å². The first-order valence-electron chi connectivity index (χ1n) is 9.77. The molecule has 0 saturated carbocycles. The van der Waals surface area contributed by atoms with E-state index in [-0.39, 0.29) is 16.9 Å². The van der Waals surface area contributed by atoms with Crippen LogP contribution in [-0.4, -0.2) is 29.7 Å². The topological polar surface area (TPSA) is 75.5 Å². The van der Waals surface area contributed by atoms with E-state index in [4.69, 9.17) is 0 Å². The Morgan fingerprint density at radius 2 is 1.64 bits per heavy atom. The first kappa shape index (κ1) is 21.1. The maximum atomic E-state index is 12.9. The van der Waals surface area contributed by atoms with Crippen LogP contribution >= 0.6 is 15.9 Å². The Bertz CT molecular complexity index is 1630. The fourth-order valence-corrected chi connectivity index (χ4v) is 4.09. The van der Waals surface area contributed by atoms with Crippen LogP contribution in [0.15, 0.2) is 68.8 Å². The summed E-state index contributed by atoms with van der Waals surface area (Å²) in [6.07, 6.45) is 1.77. The van der Waals surface area contributed by atoms with Gasteiger partial charge in [-0.1, -0.05) is 28.1 Å². The van der Waals surface area contributed by atoms with Crippen LogP contribution in [0.3, 0.4) is 0 Å². The van der Waals surface area contributed by atoms with Gasteiger partial charge in [-0.2, -0.15) is 13.8 Å². The summed E-state index contributed by atoms with van der Waals surface area (Å²) in [5.74, 6) is 0.413. The summed E-state index contributed by atoms with van der Waals surface area (Å²) in [6, 6.07) is 13.7. The molecular formula is C22H16BrF2N5O3. The normalized spacial score (nSPS) is 11.7. The first-order valence-corrected chi connectivity index (χ1v) is 10.6. The van der Waals surface area contributed by atoms with E-state index in [9.17, 15) is 18.4 Å². The molecule has 0 bridgehead atoms. The Kier molecular flexibility index (Phi) is 4.93. The summed E-state index contributed by atoms with van der Waals surface area (Å²) in [5.41, 5.74) is 1.71. The fraction of sp³-hybridized carbons (Fsp3) is 0.136. The minimum Gasteiger partial charge on any atom is -0.435 e. The summed E-state index contributed by atoms with van der Waals surface area (Å²) in [4.78, 5) is 29.9. The average molecular weight is 516 g/mol. The summed E-state index contributed by atoms with van der Waals surface area (Å²) < 4.78 is 36.3. The number of alkyl halides is 2. The van der Waals surface area contributed by atoms with E-state index in [2.05, 4.69) is 25.7 Å². The molecule has 3 heterocycles. The van der Waals surface area contributed by atoms with Crippen LogP contribution in [0.25, 0.3) is 33.9 Å². The predicted molar refractivity (Wildman–Crippen MR) is 122 cm³/mol. The fourth-order valence-electron chi connectivity index (χ4n) is 3.83. The number of aromatic nitrogens is 5. The highest BCUT2D eigenvalue weighted by Gasteiger charge is 2.21. The summed E-state index contributed by atoms with van der Waals surface area (Å²) >= 11 is 3.42. The van der Waals surface area contributed by atoms with Crippen LogP contribution in [0, 0.1) is 0 Å². The van der Waals surface area contributed by atoms with E-state index >= 15 is 0 Å². The Morgan fingerprint density at radius 3 is 2.27 bits per heavy atom. The minimum atomic E-state index is -2.93. The Balaban J connectivity index is 1.85. The molecule has 168 valence electrons. The zero-order chi connectivity index (χ0) is 23.4. The highest BCUT2D eigenvalue weighted by molar-refractivity contribution is 9.10. The molecule has 0 aliphatic rings. The van der Waals surface area contributed by atoms with Crippen molar-refractivity contribution >= 4 is 32.9 Å². The maximum absolute atomic E-state index is 12.9. The number of ether oxygens (including phenoxy) is 1. The molecule has 8 nitrogen and oxygen atoms in total. The van der Waals surface area contributed by atoms with Crippen LogP contribution in [0.1, 0.15) is 0 Å². The van der Waals surface area contributed by atoms with Gasteiger partial charge in [0.1, 0.15) is 5.75 Å². The second-order valence-corrected chi connectivity index (χ2v) is 8.30. The third kappa shape index (κ3) is 3.35. The van der Waals surface area contributed by atoms with Crippen molar-refractivity contribution in [3.8, 4) is 22.7 Å². The molecule has 0 fully saturated rings. The van der Waals surface area contributed by atoms with E-state index in [0.29, 0.717) is 17.2 Å². The van der Waals surface area contributed by atoms with Crippen LogP contribution in [0.5, 0.6) is 5.75 Å². The molecule has 2 aromatic carbocycles. The number of halogens is 3. The van der Waals surface area contributed by atoms with E-state index in [1.165, 1.54) is 23.7 Å². The monoisotopic (exact) mass is 515 g/mol. The molecule has 33 heavy (non-hydrogen) atoms. The van der Waals surface area contributed by atoms with Crippen molar-refractivity contribution in [1.29, 1.82) is 0 Å². The van der Waals surface area contributed by atoms with Crippen LogP contribution < -0.4 is 16.0 Å². The number of benzene rings is 2. The summed E-state index contributed by atoms with van der Waals surface area (Å²) in [7, 11) is 2.96. The third-order valence-corrected chi connectivity index (χ3v) is 5.95. The van der Waals surface area contributed by atoms with Crippen molar-refractivity contribution in [3.63, 3.8) is 0 Å². The van der Waals surface area contributed by atoms with Crippen LogP contribution in [0.4, 0.5) is 8.78 Å². The smallest absolute Gasteiger partial charge is 0.387 e. The zero-order valence-electron chi connectivity index (χ0n) is 17.4. The molecule has 0 aliphatic carbocycles. The molecule has 0 aliphatic heterocycles. The average Bonchev–Trinajstić information content (AvgIpc) is 3.33. The molecule has 5 rings (SSSR count). The van der Waals surface area contributed by atoms with E-state index < -0.39 is 17.9 Å². The van der Waals surface area contributed by atoms with Crippen LogP contribution in [0.2, 0.25) is 0 Å². The Labute approximate surface area is 193 Å². The van der Waals surface area contributed by atoms with Gasteiger partial charge in [-0.3, -0.25) is 22.9 Å². The molecule has 0 unspecified atom stereocenters.